The number of hydrogen-bond donors (Lipinski definition) is 1. The molecule has 150 valence electrons. The molecule has 2 aromatic heterocycles. The summed E-state index contributed by atoms with van der Waals surface area (Å²) in [5.74, 6) is 1.62. The molecule has 0 saturated carbocycles. The maximum absolute atomic E-state index is 13.0. The molecule has 0 spiro atoms. The van der Waals surface area contributed by atoms with Gasteiger partial charge in [0.2, 0.25) is 5.71 Å². The molecule has 2 heterocycles. The Kier molecular flexibility index (Phi) is 4.51. The quantitative estimate of drug-likeness (QED) is 0.499. The fraction of sp³-hybridized carbons (Fsp3) is 0.200. The van der Waals surface area contributed by atoms with Crippen molar-refractivity contribution < 1.29 is 13.9 Å². The van der Waals surface area contributed by atoms with Gasteiger partial charge in [0, 0.05) is 12.0 Å². The van der Waals surface area contributed by atoms with E-state index in [0.29, 0.717) is 53.3 Å². The van der Waals surface area contributed by atoms with Gasteiger partial charge in [-0.05, 0) is 43.0 Å². The Morgan fingerprint density at radius 3 is 2.60 bits per heavy atom. The molecular formula is C25H22N2O3. The molecule has 5 rings (SSSR count). The molecule has 5 nitrogen and oxygen atoms in total. The fourth-order valence-corrected chi connectivity index (χ4v) is 4.20. The number of aromatic nitrogens is 1. The van der Waals surface area contributed by atoms with Gasteiger partial charge in [-0.2, -0.15) is 0 Å². The van der Waals surface area contributed by atoms with E-state index in [-0.39, 0.29) is 11.7 Å². The Morgan fingerprint density at radius 1 is 1.10 bits per heavy atom. The van der Waals surface area contributed by atoms with E-state index in [9.17, 15) is 4.79 Å². The van der Waals surface area contributed by atoms with Crippen LogP contribution in [-0.4, -0.2) is 17.4 Å². The fourth-order valence-electron chi connectivity index (χ4n) is 4.20. The van der Waals surface area contributed by atoms with Crippen molar-refractivity contribution in [2.24, 2.45) is 0 Å². The van der Waals surface area contributed by atoms with E-state index in [1.807, 2.05) is 67.6 Å². The van der Waals surface area contributed by atoms with E-state index >= 15 is 0 Å². The molecule has 0 aliphatic heterocycles. The highest BCUT2D eigenvalue weighted by Crippen LogP contribution is 2.39. The predicted molar refractivity (Wildman–Crippen MR) is 117 cm³/mol. The second-order valence-corrected chi connectivity index (χ2v) is 7.57. The molecule has 0 unspecified atom stereocenters. The molecule has 5 heteroatoms. The summed E-state index contributed by atoms with van der Waals surface area (Å²) < 4.78 is 11.5. The highest BCUT2D eigenvalue weighted by molar-refractivity contribution is 6.09. The van der Waals surface area contributed by atoms with Gasteiger partial charge in [-0.25, -0.2) is 4.98 Å². The number of fused-ring (bicyclic) bond motifs is 2. The van der Waals surface area contributed by atoms with Crippen LogP contribution in [0.15, 0.2) is 65.1 Å². The number of anilines is 1. The third-order valence-electron chi connectivity index (χ3n) is 5.67. The molecule has 2 N–H and O–H groups in total. The minimum Gasteiger partial charge on any atom is -0.494 e. The van der Waals surface area contributed by atoms with Gasteiger partial charge in [-0.1, -0.05) is 42.5 Å². The summed E-state index contributed by atoms with van der Waals surface area (Å²) in [6.45, 7) is 2.58. The highest BCUT2D eigenvalue weighted by Gasteiger charge is 2.31. The number of nitrogens with two attached hydrogens (primary N) is 1. The van der Waals surface area contributed by atoms with E-state index in [1.165, 1.54) is 0 Å². The van der Waals surface area contributed by atoms with Crippen molar-refractivity contribution in [3.63, 3.8) is 0 Å². The van der Waals surface area contributed by atoms with Gasteiger partial charge < -0.3 is 14.9 Å². The highest BCUT2D eigenvalue weighted by atomic mass is 16.5. The van der Waals surface area contributed by atoms with Crippen LogP contribution in [-0.2, 0) is 6.42 Å². The Bertz CT molecular complexity index is 1230. The summed E-state index contributed by atoms with van der Waals surface area (Å²) in [4.78, 5) is 17.7. The Labute approximate surface area is 174 Å². The van der Waals surface area contributed by atoms with E-state index in [4.69, 9.17) is 19.9 Å². The van der Waals surface area contributed by atoms with Crippen molar-refractivity contribution in [1.82, 2.24) is 4.98 Å². The molecule has 2 aromatic carbocycles. The van der Waals surface area contributed by atoms with Gasteiger partial charge in [0.1, 0.15) is 11.5 Å². The van der Waals surface area contributed by atoms with Crippen LogP contribution in [0.4, 0.5) is 5.69 Å². The molecule has 0 fully saturated rings. The van der Waals surface area contributed by atoms with Gasteiger partial charge in [0.15, 0.2) is 5.78 Å². The topological polar surface area (TPSA) is 78.3 Å². The maximum atomic E-state index is 13.0. The molecule has 4 aromatic rings. The maximum Gasteiger partial charge on any atom is 0.229 e. The second kappa shape index (κ2) is 7.34. The van der Waals surface area contributed by atoms with Crippen molar-refractivity contribution in [3.8, 4) is 17.1 Å². The Morgan fingerprint density at radius 2 is 1.87 bits per heavy atom. The lowest BCUT2D eigenvalue weighted by molar-refractivity contribution is 0.0964. The van der Waals surface area contributed by atoms with Crippen LogP contribution < -0.4 is 10.5 Å². The lowest BCUT2D eigenvalue weighted by Gasteiger charge is -2.24. The largest absolute Gasteiger partial charge is 0.494 e. The number of carbonyl (C=O) groups is 1. The minimum absolute atomic E-state index is 0.0319. The molecule has 0 saturated heterocycles. The minimum atomic E-state index is 0.0319. The monoisotopic (exact) mass is 398 g/mol. The van der Waals surface area contributed by atoms with Crippen LogP contribution in [0.5, 0.6) is 5.75 Å². The molecule has 0 bridgehead atoms. The van der Waals surface area contributed by atoms with Crippen LogP contribution in [0.1, 0.15) is 40.9 Å². The number of rotatable bonds is 4. The number of ether oxygens (including phenoxy) is 1. The summed E-state index contributed by atoms with van der Waals surface area (Å²) >= 11 is 0. The number of ketones is 1. The van der Waals surface area contributed by atoms with Crippen LogP contribution in [0.3, 0.4) is 0 Å². The summed E-state index contributed by atoms with van der Waals surface area (Å²) in [6.07, 6.45) is 1.07. The third kappa shape index (κ3) is 3.12. The first-order valence-corrected chi connectivity index (χ1v) is 10.2. The Balaban J connectivity index is 1.53. The van der Waals surface area contributed by atoms with Crippen LogP contribution >= 0.6 is 0 Å². The summed E-state index contributed by atoms with van der Waals surface area (Å²) in [6, 6.07) is 19.6. The van der Waals surface area contributed by atoms with E-state index < -0.39 is 0 Å². The first kappa shape index (κ1) is 18.4. The number of nitrogens with zero attached hydrogens (tertiary/aromatic N) is 1. The van der Waals surface area contributed by atoms with E-state index in [2.05, 4.69) is 0 Å². The lowest BCUT2D eigenvalue weighted by atomic mass is 9.81. The van der Waals surface area contributed by atoms with Crippen LogP contribution in [0.25, 0.3) is 22.4 Å². The molecule has 0 amide bonds. The zero-order chi connectivity index (χ0) is 20.7. The number of furan rings is 1. The molecule has 1 aliphatic carbocycles. The number of pyridine rings is 1. The van der Waals surface area contributed by atoms with Crippen molar-refractivity contribution in [3.05, 3.63) is 77.5 Å². The average Bonchev–Trinajstić information content (AvgIpc) is 3.19. The van der Waals surface area contributed by atoms with Crippen molar-refractivity contribution >= 4 is 22.6 Å². The first-order chi connectivity index (χ1) is 14.6. The number of Topliss-reactive ketones (excluding diaryl/α,β-unsaturated/α-hetero) is 1. The Hall–Kier alpha value is -3.60. The zero-order valence-electron chi connectivity index (χ0n) is 16.7. The van der Waals surface area contributed by atoms with Gasteiger partial charge in [-0.3, -0.25) is 4.79 Å². The van der Waals surface area contributed by atoms with Crippen molar-refractivity contribution in [2.75, 3.05) is 12.3 Å². The summed E-state index contributed by atoms with van der Waals surface area (Å²) in [7, 11) is 0. The zero-order valence-corrected chi connectivity index (χ0v) is 16.7. The number of carbonyl (C=O) groups excluding carboxylic acids is 1. The number of benzene rings is 2. The molecule has 1 aliphatic rings. The normalized spacial score (nSPS) is 15.9. The molecule has 30 heavy (non-hydrogen) atoms. The number of hydrogen-bond acceptors (Lipinski definition) is 5. The van der Waals surface area contributed by atoms with E-state index in [0.717, 1.165) is 16.9 Å². The van der Waals surface area contributed by atoms with Crippen LogP contribution in [0, 0.1) is 0 Å². The van der Waals surface area contributed by atoms with Gasteiger partial charge in [0.25, 0.3) is 0 Å². The van der Waals surface area contributed by atoms with Gasteiger partial charge in [0.05, 0.1) is 28.9 Å². The number of nitrogen functional groups attached to an aromatic ring is 1. The molecule has 0 radical (unpaired) electrons. The van der Waals surface area contributed by atoms with Crippen molar-refractivity contribution in [2.45, 2.75) is 25.7 Å². The molecular weight excluding hydrogens is 376 g/mol. The third-order valence-corrected chi connectivity index (χ3v) is 5.67. The first-order valence-electron chi connectivity index (χ1n) is 10.2. The smallest absolute Gasteiger partial charge is 0.229 e. The van der Waals surface area contributed by atoms with Gasteiger partial charge >= 0.3 is 0 Å². The second-order valence-electron chi connectivity index (χ2n) is 7.57. The van der Waals surface area contributed by atoms with E-state index in [1.54, 1.807) is 0 Å². The van der Waals surface area contributed by atoms with Crippen molar-refractivity contribution in [1.29, 1.82) is 0 Å². The summed E-state index contributed by atoms with van der Waals surface area (Å²) in [5.41, 5.74) is 10.7. The van der Waals surface area contributed by atoms with Gasteiger partial charge in [-0.15, -0.1) is 0 Å². The predicted octanol–water partition coefficient (Wildman–Crippen LogP) is 5.39. The SMILES string of the molecule is CCOc1ccc([C@@H]2CC(=O)c3c(nc4oc(-c5ccccc5)cc4c3N)C2)cc1. The molecule has 1 atom stereocenters. The standard InChI is InChI=1S/C25H22N2O3/c1-2-29-18-10-8-15(9-11-18)17-12-20-23(21(28)13-17)24(26)19-14-22(30-25(19)27-20)16-6-4-3-5-7-16/h3-11,14,17H,2,12-13H2,1H3,(H2,26,27)/t17-/m0/s1. The summed E-state index contributed by atoms with van der Waals surface area (Å²) in [5, 5.41) is 0.695. The lowest BCUT2D eigenvalue weighted by Crippen LogP contribution is -2.21. The van der Waals surface area contributed by atoms with Crippen LogP contribution in [0.2, 0.25) is 0 Å². The average molecular weight is 398 g/mol.